The van der Waals surface area contributed by atoms with E-state index in [0.29, 0.717) is 12.0 Å². The molecule has 0 spiro atoms. The predicted octanol–water partition coefficient (Wildman–Crippen LogP) is 3.26. The molecule has 1 atom stereocenters. The number of nitrogens with two attached hydrogens (primary N) is 1. The molecule has 0 aliphatic heterocycles. The van der Waals surface area contributed by atoms with Gasteiger partial charge in [-0.05, 0) is 43.5 Å². The summed E-state index contributed by atoms with van der Waals surface area (Å²) in [5.74, 6) is 5.58. The zero-order valence-electron chi connectivity index (χ0n) is 11.9. The lowest BCUT2D eigenvalue weighted by atomic mass is 10.0. The molecule has 0 radical (unpaired) electrons. The maximum Gasteiger partial charge on any atom is 0.168 e. The smallest absolute Gasteiger partial charge is 0.168 e. The fourth-order valence-electron chi connectivity index (χ4n) is 2.11. The third-order valence-corrected chi connectivity index (χ3v) is 4.68. The first-order valence-corrected chi connectivity index (χ1v) is 7.23. The van der Waals surface area contributed by atoms with Crippen LogP contribution in [0.3, 0.4) is 0 Å². The summed E-state index contributed by atoms with van der Waals surface area (Å²) in [6, 6.07) is 7.16. The van der Waals surface area contributed by atoms with Crippen LogP contribution >= 0.6 is 11.3 Å². The van der Waals surface area contributed by atoms with Crippen LogP contribution in [0, 0.1) is 19.7 Å². The van der Waals surface area contributed by atoms with Crippen molar-refractivity contribution in [3.63, 3.8) is 0 Å². The van der Waals surface area contributed by atoms with Crippen LogP contribution in [0.5, 0.6) is 5.75 Å². The van der Waals surface area contributed by atoms with Crippen molar-refractivity contribution in [2.45, 2.75) is 26.3 Å². The second-order valence-corrected chi connectivity index (χ2v) is 6.03. The topological polar surface area (TPSA) is 47.3 Å². The zero-order valence-corrected chi connectivity index (χ0v) is 12.7. The Kier molecular flexibility index (Phi) is 4.75. The van der Waals surface area contributed by atoms with E-state index in [9.17, 15) is 4.39 Å². The zero-order chi connectivity index (χ0) is 14.7. The van der Waals surface area contributed by atoms with Gasteiger partial charge in [-0.1, -0.05) is 12.1 Å². The van der Waals surface area contributed by atoms with Crippen LogP contribution in [0.25, 0.3) is 0 Å². The highest BCUT2D eigenvalue weighted by Crippen LogP contribution is 2.30. The molecule has 1 aromatic carbocycles. The number of rotatable bonds is 5. The maximum absolute atomic E-state index is 14.2. The van der Waals surface area contributed by atoms with E-state index in [1.807, 2.05) is 0 Å². The van der Waals surface area contributed by atoms with Crippen LogP contribution in [-0.4, -0.2) is 7.11 Å². The predicted molar refractivity (Wildman–Crippen MR) is 80.5 cm³/mol. The van der Waals surface area contributed by atoms with E-state index in [2.05, 4.69) is 25.3 Å². The van der Waals surface area contributed by atoms with E-state index in [0.717, 1.165) is 4.88 Å². The van der Waals surface area contributed by atoms with Crippen molar-refractivity contribution in [3.05, 3.63) is 51.0 Å². The minimum Gasteiger partial charge on any atom is -0.494 e. The Balaban J connectivity index is 2.26. The van der Waals surface area contributed by atoms with E-state index in [1.165, 1.54) is 17.6 Å². The van der Waals surface area contributed by atoms with Gasteiger partial charge in [0, 0.05) is 9.75 Å². The molecule has 3 nitrogen and oxygen atoms in total. The fraction of sp³-hybridized carbons (Fsp3) is 0.333. The van der Waals surface area contributed by atoms with Crippen molar-refractivity contribution < 1.29 is 9.13 Å². The Morgan fingerprint density at radius 2 is 2.15 bits per heavy atom. The van der Waals surface area contributed by atoms with E-state index in [4.69, 9.17) is 10.6 Å². The van der Waals surface area contributed by atoms with Gasteiger partial charge in [0.15, 0.2) is 11.6 Å². The quantitative estimate of drug-likeness (QED) is 0.657. The van der Waals surface area contributed by atoms with Gasteiger partial charge in [0.2, 0.25) is 0 Å². The molecule has 2 rings (SSSR count). The number of thiophene rings is 1. The molecule has 0 fully saturated rings. The summed E-state index contributed by atoms with van der Waals surface area (Å²) in [5.41, 5.74) is 4.60. The van der Waals surface area contributed by atoms with Gasteiger partial charge in [-0.2, -0.15) is 0 Å². The normalized spacial score (nSPS) is 12.4. The molecule has 1 heterocycles. The number of methoxy groups -OCH3 is 1. The molecule has 108 valence electrons. The second-order valence-electron chi connectivity index (χ2n) is 4.74. The summed E-state index contributed by atoms with van der Waals surface area (Å²) in [5, 5.41) is 0. The average molecular weight is 294 g/mol. The number of hydrogen-bond donors (Lipinski definition) is 2. The number of halogens is 1. The number of benzene rings is 1. The van der Waals surface area contributed by atoms with Crippen molar-refractivity contribution in [2.24, 2.45) is 5.84 Å². The van der Waals surface area contributed by atoms with E-state index < -0.39 is 0 Å². The minimum absolute atomic E-state index is 0.103. The summed E-state index contributed by atoms with van der Waals surface area (Å²) in [7, 11) is 1.47. The second kappa shape index (κ2) is 6.35. The number of ether oxygens (including phenoxy) is 1. The lowest BCUT2D eigenvalue weighted by molar-refractivity contribution is 0.382. The minimum atomic E-state index is -0.319. The monoisotopic (exact) mass is 294 g/mol. The Labute approximate surface area is 122 Å². The molecule has 0 bridgehead atoms. The molecule has 3 N–H and O–H groups in total. The molecular weight excluding hydrogens is 275 g/mol. The Morgan fingerprint density at radius 3 is 2.70 bits per heavy atom. The molecule has 1 aromatic heterocycles. The molecule has 0 aliphatic carbocycles. The van der Waals surface area contributed by atoms with Gasteiger partial charge < -0.3 is 4.74 Å². The van der Waals surface area contributed by atoms with Crippen LogP contribution in [0.2, 0.25) is 0 Å². The van der Waals surface area contributed by atoms with Crippen molar-refractivity contribution in [1.29, 1.82) is 0 Å². The molecule has 1 unspecified atom stereocenters. The van der Waals surface area contributed by atoms with Crippen LogP contribution < -0.4 is 16.0 Å². The van der Waals surface area contributed by atoms with Crippen LogP contribution in [-0.2, 0) is 6.42 Å². The molecule has 5 heteroatoms. The molecule has 0 aliphatic rings. The molecule has 0 amide bonds. The van der Waals surface area contributed by atoms with Crippen molar-refractivity contribution in [1.82, 2.24) is 5.43 Å². The van der Waals surface area contributed by atoms with Gasteiger partial charge in [0.25, 0.3) is 0 Å². The first kappa shape index (κ1) is 15.0. The summed E-state index contributed by atoms with van der Waals surface area (Å²) < 4.78 is 19.2. The summed E-state index contributed by atoms with van der Waals surface area (Å²) in [6.07, 6.45) is 0.485. The van der Waals surface area contributed by atoms with Gasteiger partial charge in [0.1, 0.15) is 0 Å². The molecule has 20 heavy (non-hydrogen) atoms. The third kappa shape index (κ3) is 3.00. The third-order valence-electron chi connectivity index (χ3n) is 3.42. The van der Waals surface area contributed by atoms with Gasteiger partial charge in [-0.25, -0.2) is 4.39 Å². The Hall–Kier alpha value is -1.43. The number of hydrazine groups is 1. The fourth-order valence-corrected chi connectivity index (χ4v) is 3.21. The van der Waals surface area contributed by atoms with E-state index in [-0.39, 0.29) is 17.6 Å². The first-order chi connectivity index (χ1) is 9.56. The summed E-state index contributed by atoms with van der Waals surface area (Å²) >= 11 is 1.69. The molecule has 2 aromatic rings. The Morgan fingerprint density at radius 1 is 1.40 bits per heavy atom. The Bertz CT molecular complexity index is 578. The number of nitrogens with one attached hydrogen (secondary N) is 1. The first-order valence-electron chi connectivity index (χ1n) is 6.41. The highest BCUT2D eigenvalue weighted by molar-refractivity contribution is 7.12. The van der Waals surface area contributed by atoms with Crippen LogP contribution in [0.15, 0.2) is 24.3 Å². The van der Waals surface area contributed by atoms with Gasteiger partial charge >= 0.3 is 0 Å². The molecule has 0 saturated heterocycles. The van der Waals surface area contributed by atoms with Crippen molar-refractivity contribution in [2.75, 3.05) is 7.11 Å². The number of hydrogen-bond acceptors (Lipinski definition) is 4. The largest absolute Gasteiger partial charge is 0.494 e. The van der Waals surface area contributed by atoms with Crippen LogP contribution in [0.1, 0.15) is 26.9 Å². The van der Waals surface area contributed by atoms with E-state index >= 15 is 0 Å². The lowest BCUT2D eigenvalue weighted by Crippen LogP contribution is -2.29. The van der Waals surface area contributed by atoms with Gasteiger partial charge in [-0.15, -0.1) is 11.3 Å². The van der Waals surface area contributed by atoms with Gasteiger partial charge in [-0.3, -0.25) is 11.3 Å². The number of aryl methyl sites for hydroxylation is 2. The highest BCUT2D eigenvalue weighted by atomic mass is 32.1. The SMILES string of the molecule is COc1cccc(CC(NN)c2cc(C)c(C)s2)c1F. The molecule has 0 saturated carbocycles. The summed E-state index contributed by atoms with van der Waals surface area (Å²) in [6.45, 7) is 4.14. The van der Waals surface area contributed by atoms with Gasteiger partial charge in [0.05, 0.1) is 13.2 Å². The molecular formula is C15H19FN2OS. The van der Waals surface area contributed by atoms with Crippen LogP contribution in [0.4, 0.5) is 4.39 Å². The maximum atomic E-state index is 14.2. The van der Waals surface area contributed by atoms with Crippen molar-refractivity contribution in [3.8, 4) is 5.75 Å². The average Bonchev–Trinajstić information content (AvgIpc) is 2.77. The van der Waals surface area contributed by atoms with E-state index in [1.54, 1.807) is 29.5 Å². The highest BCUT2D eigenvalue weighted by Gasteiger charge is 2.17. The lowest BCUT2D eigenvalue weighted by Gasteiger charge is -2.15. The van der Waals surface area contributed by atoms with Crippen molar-refractivity contribution >= 4 is 11.3 Å². The standard InChI is InChI=1S/C15H19FN2OS/c1-9-7-14(20-10(9)2)12(18-17)8-11-5-4-6-13(19-3)15(11)16/h4-7,12,18H,8,17H2,1-3H3. The summed E-state index contributed by atoms with van der Waals surface area (Å²) in [4.78, 5) is 2.37.